The van der Waals surface area contributed by atoms with Gasteiger partial charge in [-0.05, 0) is 29.3 Å². The Balaban J connectivity index is 2.20. The maximum Gasteiger partial charge on any atom is 0.267 e. The third-order valence-corrected chi connectivity index (χ3v) is 2.83. The summed E-state index contributed by atoms with van der Waals surface area (Å²) in [5.74, 6) is 0.749. The summed E-state index contributed by atoms with van der Waals surface area (Å²) >= 11 is 3.18. The number of aromatic nitrogens is 2. The van der Waals surface area contributed by atoms with Crippen LogP contribution in [0.5, 0.6) is 0 Å². The van der Waals surface area contributed by atoms with E-state index in [1.54, 1.807) is 10.8 Å². The summed E-state index contributed by atoms with van der Waals surface area (Å²) in [5.41, 5.74) is -0.0156. The molecule has 0 amide bonds. The van der Waals surface area contributed by atoms with Gasteiger partial charge >= 0.3 is 0 Å². The molecular weight excluding hydrogens is 248 g/mol. The highest BCUT2D eigenvalue weighted by atomic mass is 79.9. The molecule has 0 spiro atoms. The summed E-state index contributed by atoms with van der Waals surface area (Å²) in [5, 5.41) is 0. The minimum Gasteiger partial charge on any atom is -0.373 e. The molecule has 1 unspecified atom stereocenters. The largest absolute Gasteiger partial charge is 0.373 e. The Kier molecular flexibility index (Phi) is 2.69. The van der Waals surface area contributed by atoms with Crippen molar-refractivity contribution < 1.29 is 4.74 Å². The number of nitrogens with zero attached hydrogens (tertiary/aromatic N) is 2. The molecule has 0 radical (unpaired) electrons. The summed E-state index contributed by atoms with van der Waals surface area (Å²) in [6.45, 7) is 3.35. The van der Waals surface area contributed by atoms with Gasteiger partial charge in [-0.2, -0.15) is 0 Å². The lowest BCUT2D eigenvalue weighted by molar-refractivity contribution is 0.382. The molecule has 0 aromatic carbocycles. The van der Waals surface area contributed by atoms with Gasteiger partial charge in [-0.25, -0.2) is 4.98 Å². The molecule has 2 heterocycles. The van der Waals surface area contributed by atoms with Crippen molar-refractivity contribution in [3.05, 3.63) is 26.8 Å². The van der Waals surface area contributed by atoms with Crippen molar-refractivity contribution in [2.24, 2.45) is 0 Å². The molecule has 1 aromatic heterocycles. The summed E-state index contributed by atoms with van der Waals surface area (Å²) in [6.07, 6.45) is 2.78. The highest BCUT2D eigenvalue weighted by Crippen LogP contribution is 2.14. The van der Waals surface area contributed by atoms with Gasteiger partial charge in [-0.1, -0.05) is 0 Å². The van der Waals surface area contributed by atoms with Crippen LogP contribution in [0.4, 0.5) is 0 Å². The molecule has 1 fully saturated rings. The summed E-state index contributed by atoms with van der Waals surface area (Å²) in [6, 6.07) is 0. The predicted molar refractivity (Wildman–Crippen MR) is 55.3 cm³/mol. The molecule has 14 heavy (non-hydrogen) atoms. The fraction of sp³-hybridized carbons (Fsp3) is 0.556. The first-order valence-corrected chi connectivity index (χ1v) is 5.31. The highest BCUT2D eigenvalue weighted by molar-refractivity contribution is 9.10. The quantitative estimate of drug-likeness (QED) is 0.764. The second kappa shape index (κ2) is 3.82. The van der Waals surface area contributed by atoms with Crippen molar-refractivity contribution in [2.45, 2.75) is 26.0 Å². The number of epoxide rings is 1. The second-order valence-electron chi connectivity index (χ2n) is 3.35. The SMILES string of the molecule is Cc1ncc(Br)c(=O)n1CCC1CO1. The lowest BCUT2D eigenvalue weighted by Gasteiger charge is -2.07. The first kappa shape index (κ1) is 9.86. The fourth-order valence-corrected chi connectivity index (χ4v) is 1.64. The van der Waals surface area contributed by atoms with E-state index in [2.05, 4.69) is 20.9 Å². The molecule has 0 aliphatic carbocycles. The van der Waals surface area contributed by atoms with Gasteiger partial charge < -0.3 is 4.74 Å². The summed E-state index contributed by atoms with van der Waals surface area (Å²) in [7, 11) is 0. The number of hydrogen-bond donors (Lipinski definition) is 0. The van der Waals surface area contributed by atoms with E-state index in [-0.39, 0.29) is 5.56 Å². The molecule has 76 valence electrons. The minimum atomic E-state index is -0.0156. The van der Waals surface area contributed by atoms with Gasteiger partial charge in [0.1, 0.15) is 10.3 Å². The van der Waals surface area contributed by atoms with Gasteiger partial charge in [0, 0.05) is 12.7 Å². The maximum absolute atomic E-state index is 11.7. The van der Waals surface area contributed by atoms with Gasteiger partial charge in [0.05, 0.1) is 12.7 Å². The molecule has 1 saturated heterocycles. The van der Waals surface area contributed by atoms with Crippen LogP contribution in [0.15, 0.2) is 15.5 Å². The molecule has 1 aromatic rings. The standard InChI is InChI=1S/C9H11BrN2O2/c1-6-11-4-8(10)9(13)12(6)3-2-7-5-14-7/h4,7H,2-3,5H2,1H3. The van der Waals surface area contributed by atoms with Crippen LogP contribution < -0.4 is 5.56 Å². The molecule has 2 rings (SSSR count). The molecule has 0 bridgehead atoms. The zero-order valence-corrected chi connectivity index (χ0v) is 9.45. The van der Waals surface area contributed by atoms with Gasteiger partial charge in [0.2, 0.25) is 0 Å². The first-order chi connectivity index (χ1) is 6.68. The normalized spacial score (nSPS) is 19.7. The Hall–Kier alpha value is -0.680. The Bertz CT molecular complexity index is 398. The molecule has 4 nitrogen and oxygen atoms in total. The van der Waals surface area contributed by atoms with E-state index >= 15 is 0 Å². The smallest absolute Gasteiger partial charge is 0.267 e. The minimum absolute atomic E-state index is 0.0156. The summed E-state index contributed by atoms with van der Waals surface area (Å²) in [4.78, 5) is 15.8. The van der Waals surface area contributed by atoms with Crippen LogP contribution in [0.2, 0.25) is 0 Å². The molecule has 1 atom stereocenters. The number of ether oxygens (including phenoxy) is 1. The third kappa shape index (κ3) is 2.04. The van der Waals surface area contributed by atoms with Crippen molar-refractivity contribution in [1.29, 1.82) is 0 Å². The van der Waals surface area contributed by atoms with E-state index in [4.69, 9.17) is 4.74 Å². The Labute approximate surface area is 90.0 Å². The van der Waals surface area contributed by atoms with Crippen LogP contribution in [0, 0.1) is 6.92 Å². The first-order valence-electron chi connectivity index (χ1n) is 4.52. The van der Waals surface area contributed by atoms with E-state index < -0.39 is 0 Å². The van der Waals surface area contributed by atoms with E-state index in [1.807, 2.05) is 6.92 Å². The van der Waals surface area contributed by atoms with Gasteiger partial charge in [0.25, 0.3) is 5.56 Å². The topological polar surface area (TPSA) is 47.4 Å². The molecule has 0 saturated carbocycles. The zero-order chi connectivity index (χ0) is 10.1. The van der Waals surface area contributed by atoms with Crippen LogP contribution >= 0.6 is 15.9 Å². The maximum atomic E-state index is 11.7. The lowest BCUT2D eigenvalue weighted by Crippen LogP contribution is -2.24. The molecular formula is C9H11BrN2O2. The zero-order valence-electron chi connectivity index (χ0n) is 7.86. The van der Waals surface area contributed by atoms with Crippen LogP contribution in [-0.4, -0.2) is 22.3 Å². The third-order valence-electron chi connectivity index (χ3n) is 2.28. The number of rotatable bonds is 3. The van der Waals surface area contributed by atoms with Crippen LogP contribution in [-0.2, 0) is 11.3 Å². The lowest BCUT2D eigenvalue weighted by atomic mass is 10.3. The number of aryl methyl sites for hydroxylation is 1. The molecule has 0 N–H and O–H groups in total. The van der Waals surface area contributed by atoms with Crippen molar-refractivity contribution in [2.75, 3.05) is 6.61 Å². The molecule has 5 heteroatoms. The fourth-order valence-electron chi connectivity index (χ4n) is 1.32. The summed E-state index contributed by atoms with van der Waals surface area (Å²) < 4.78 is 7.28. The van der Waals surface area contributed by atoms with E-state index in [0.29, 0.717) is 17.1 Å². The van der Waals surface area contributed by atoms with Crippen molar-refractivity contribution in [3.63, 3.8) is 0 Å². The van der Waals surface area contributed by atoms with Crippen LogP contribution in [0.3, 0.4) is 0 Å². The number of hydrogen-bond acceptors (Lipinski definition) is 3. The van der Waals surface area contributed by atoms with Crippen molar-refractivity contribution in [1.82, 2.24) is 9.55 Å². The van der Waals surface area contributed by atoms with Gasteiger partial charge in [0.15, 0.2) is 0 Å². The van der Waals surface area contributed by atoms with E-state index in [1.165, 1.54) is 0 Å². The predicted octanol–water partition coefficient (Wildman–Crippen LogP) is 1.10. The second-order valence-corrected chi connectivity index (χ2v) is 4.21. The van der Waals surface area contributed by atoms with E-state index in [0.717, 1.165) is 18.9 Å². The van der Waals surface area contributed by atoms with Crippen LogP contribution in [0.25, 0.3) is 0 Å². The molecule has 1 aliphatic heterocycles. The highest BCUT2D eigenvalue weighted by Gasteiger charge is 2.22. The average Bonchev–Trinajstić information content (AvgIpc) is 2.95. The van der Waals surface area contributed by atoms with Crippen LogP contribution in [0.1, 0.15) is 12.2 Å². The monoisotopic (exact) mass is 258 g/mol. The van der Waals surface area contributed by atoms with Crippen molar-refractivity contribution in [3.8, 4) is 0 Å². The Morgan fingerprint density at radius 1 is 1.79 bits per heavy atom. The molecule has 1 aliphatic rings. The Morgan fingerprint density at radius 3 is 3.14 bits per heavy atom. The Morgan fingerprint density at radius 2 is 2.50 bits per heavy atom. The van der Waals surface area contributed by atoms with E-state index in [9.17, 15) is 4.79 Å². The van der Waals surface area contributed by atoms with Gasteiger partial charge in [-0.15, -0.1) is 0 Å². The van der Waals surface area contributed by atoms with Crippen molar-refractivity contribution >= 4 is 15.9 Å². The average molecular weight is 259 g/mol. The number of halogens is 1. The van der Waals surface area contributed by atoms with Gasteiger partial charge in [-0.3, -0.25) is 9.36 Å².